The van der Waals surface area contributed by atoms with Crippen LogP contribution in [0.3, 0.4) is 0 Å². The number of nitrogens with zero attached hydrogens (tertiary/aromatic N) is 1. The van der Waals surface area contributed by atoms with Gasteiger partial charge < -0.3 is 10.5 Å². The molecule has 0 amide bonds. The lowest BCUT2D eigenvalue weighted by atomic mass is 9.98. The molecule has 15 heavy (non-hydrogen) atoms. The average Bonchev–Trinajstić information content (AvgIpc) is 2.25. The Hall–Kier alpha value is -1.09. The molecule has 0 aromatic carbocycles. The van der Waals surface area contributed by atoms with E-state index >= 15 is 0 Å². The van der Waals surface area contributed by atoms with Crippen molar-refractivity contribution < 1.29 is 4.74 Å². The molecule has 0 aliphatic rings. The zero-order chi connectivity index (χ0) is 11.3. The molecule has 0 spiro atoms. The Kier molecular flexibility index (Phi) is 4.56. The highest BCUT2D eigenvalue weighted by molar-refractivity contribution is 5.32. The molecule has 0 fully saturated rings. The molecule has 3 nitrogen and oxygen atoms in total. The Labute approximate surface area is 91.7 Å². The van der Waals surface area contributed by atoms with E-state index < -0.39 is 0 Å². The maximum Gasteiger partial charge on any atom is 0.141 e. The Bertz CT molecular complexity index is 299. The third kappa shape index (κ3) is 3.51. The highest BCUT2D eigenvalue weighted by Gasteiger charge is 2.11. The minimum Gasteiger partial charge on any atom is -0.495 e. The average molecular weight is 208 g/mol. The van der Waals surface area contributed by atoms with Gasteiger partial charge in [-0.15, -0.1) is 0 Å². The fourth-order valence-electron chi connectivity index (χ4n) is 1.54. The Morgan fingerprint density at radius 2 is 2.13 bits per heavy atom. The van der Waals surface area contributed by atoms with Crippen molar-refractivity contribution >= 4 is 0 Å². The fourth-order valence-corrected chi connectivity index (χ4v) is 1.54. The van der Waals surface area contributed by atoms with Gasteiger partial charge in [0.2, 0.25) is 0 Å². The first-order valence-electron chi connectivity index (χ1n) is 5.38. The molecule has 1 aromatic rings. The van der Waals surface area contributed by atoms with Gasteiger partial charge in [-0.25, -0.2) is 0 Å². The van der Waals surface area contributed by atoms with Crippen LogP contribution in [-0.4, -0.2) is 12.1 Å². The van der Waals surface area contributed by atoms with E-state index in [9.17, 15) is 0 Å². The molecule has 1 heterocycles. The predicted octanol–water partition coefficient (Wildman–Crippen LogP) is 2.53. The second kappa shape index (κ2) is 5.71. The fraction of sp³-hybridized carbons (Fsp3) is 0.583. The van der Waals surface area contributed by atoms with Crippen molar-refractivity contribution in [2.45, 2.75) is 32.7 Å². The summed E-state index contributed by atoms with van der Waals surface area (Å²) in [5.74, 6) is 1.47. The molecule has 1 unspecified atom stereocenters. The van der Waals surface area contributed by atoms with Crippen molar-refractivity contribution in [1.29, 1.82) is 0 Å². The second-order valence-electron chi connectivity index (χ2n) is 4.20. The summed E-state index contributed by atoms with van der Waals surface area (Å²) < 4.78 is 5.23. The summed E-state index contributed by atoms with van der Waals surface area (Å²) >= 11 is 0. The molecule has 1 atom stereocenters. The van der Waals surface area contributed by atoms with Gasteiger partial charge in [0.25, 0.3) is 0 Å². The van der Waals surface area contributed by atoms with Gasteiger partial charge in [-0.3, -0.25) is 4.98 Å². The van der Waals surface area contributed by atoms with Crippen LogP contribution in [0.2, 0.25) is 0 Å². The molecule has 0 saturated heterocycles. The summed E-state index contributed by atoms with van der Waals surface area (Å²) in [6, 6.07) is 1.98. The largest absolute Gasteiger partial charge is 0.495 e. The Morgan fingerprint density at radius 3 is 2.73 bits per heavy atom. The van der Waals surface area contributed by atoms with Gasteiger partial charge in [0.15, 0.2) is 0 Å². The van der Waals surface area contributed by atoms with Crippen LogP contribution in [0.1, 0.15) is 38.3 Å². The first-order valence-corrected chi connectivity index (χ1v) is 5.38. The molecular weight excluding hydrogens is 188 g/mol. The van der Waals surface area contributed by atoms with Crippen molar-refractivity contribution in [3.63, 3.8) is 0 Å². The lowest BCUT2D eigenvalue weighted by Crippen LogP contribution is -2.12. The maximum atomic E-state index is 6.11. The van der Waals surface area contributed by atoms with Crippen molar-refractivity contribution in [3.05, 3.63) is 24.0 Å². The summed E-state index contributed by atoms with van der Waals surface area (Å²) in [5, 5.41) is 0. The lowest BCUT2D eigenvalue weighted by Gasteiger charge is -2.15. The number of hydrogen-bond donors (Lipinski definition) is 1. The molecule has 0 saturated carbocycles. The third-order valence-electron chi connectivity index (χ3n) is 2.49. The van der Waals surface area contributed by atoms with Gasteiger partial charge in [0, 0.05) is 17.8 Å². The van der Waals surface area contributed by atoms with Gasteiger partial charge in [-0.2, -0.15) is 0 Å². The number of ether oxygens (including phenoxy) is 1. The first kappa shape index (κ1) is 12.0. The van der Waals surface area contributed by atoms with E-state index in [0.29, 0.717) is 5.92 Å². The Morgan fingerprint density at radius 1 is 1.40 bits per heavy atom. The van der Waals surface area contributed by atoms with E-state index in [1.165, 1.54) is 0 Å². The normalized spacial score (nSPS) is 12.9. The topological polar surface area (TPSA) is 48.1 Å². The molecule has 2 N–H and O–H groups in total. The molecular formula is C12H20N2O. The van der Waals surface area contributed by atoms with E-state index in [1.807, 2.05) is 6.07 Å². The lowest BCUT2D eigenvalue weighted by molar-refractivity contribution is 0.399. The monoisotopic (exact) mass is 208 g/mol. The minimum absolute atomic E-state index is 0.0466. The van der Waals surface area contributed by atoms with Crippen LogP contribution in [0.15, 0.2) is 18.5 Å². The van der Waals surface area contributed by atoms with E-state index in [-0.39, 0.29) is 6.04 Å². The highest BCUT2D eigenvalue weighted by atomic mass is 16.5. The number of methoxy groups -OCH3 is 1. The number of rotatable bonds is 5. The van der Waals surface area contributed by atoms with Gasteiger partial charge in [0.1, 0.15) is 5.75 Å². The van der Waals surface area contributed by atoms with Gasteiger partial charge in [-0.1, -0.05) is 13.8 Å². The van der Waals surface area contributed by atoms with Crippen LogP contribution >= 0.6 is 0 Å². The SMILES string of the molecule is COc1cnccc1C(N)CCC(C)C. The zero-order valence-corrected chi connectivity index (χ0v) is 9.73. The van der Waals surface area contributed by atoms with E-state index in [0.717, 1.165) is 24.2 Å². The smallest absolute Gasteiger partial charge is 0.141 e. The van der Waals surface area contributed by atoms with Crippen molar-refractivity contribution in [2.24, 2.45) is 11.7 Å². The third-order valence-corrected chi connectivity index (χ3v) is 2.49. The Balaban J connectivity index is 2.68. The summed E-state index contributed by atoms with van der Waals surface area (Å²) in [6.45, 7) is 4.41. The van der Waals surface area contributed by atoms with Crippen LogP contribution in [0.5, 0.6) is 5.75 Å². The standard InChI is InChI=1S/C12H20N2O/c1-9(2)4-5-11(13)10-6-7-14-8-12(10)15-3/h6-9,11H,4-5,13H2,1-3H3. The van der Waals surface area contributed by atoms with Crippen LogP contribution in [0, 0.1) is 5.92 Å². The summed E-state index contributed by atoms with van der Waals surface area (Å²) in [7, 11) is 1.65. The predicted molar refractivity (Wildman–Crippen MR) is 61.8 cm³/mol. The number of hydrogen-bond acceptors (Lipinski definition) is 3. The second-order valence-corrected chi connectivity index (χ2v) is 4.20. The van der Waals surface area contributed by atoms with Crippen LogP contribution in [0.25, 0.3) is 0 Å². The van der Waals surface area contributed by atoms with Crippen LogP contribution in [-0.2, 0) is 0 Å². The molecule has 0 bridgehead atoms. The van der Waals surface area contributed by atoms with Crippen molar-refractivity contribution in [3.8, 4) is 5.75 Å². The molecule has 0 aliphatic heterocycles. The zero-order valence-electron chi connectivity index (χ0n) is 9.73. The first-order chi connectivity index (χ1) is 7.15. The molecule has 0 radical (unpaired) electrons. The quantitative estimate of drug-likeness (QED) is 0.808. The summed E-state index contributed by atoms with van der Waals surface area (Å²) in [4.78, 5) is 4.01. The number of nitrogens with two attached hydrogens (primary N) is 1. The molecule has 1 aromatic heterocycles. The summed E-state index contributed by atoms with van der Waals surface area (Å²) in [6.07, 6.45) is 5.59. The van der Waals surface area contributed by atoms with Crippen LogP contribution in [0.4, 0.5) is 0 Å². The highest BCUT2D eigenvalue weighted by Crippen LogP contribution is 2.26. The number of aromatic nitrogens is 1. The molecule has 0 aliphatic carbocycles. The van der Waals surface area contributed by atoms with Crippen molar-refractivity contribution in [1.82, 2.24) is 4.98 Å². The van der Waals surface area contributed by atoms with E-state index in [4.69, 9.17) is 10.5 Å². The molecule has 1 rings (SSSR count). The minimum atomic E-state index is 0.0466. The van der Waals surface area contributed by atoms with Gasteiger partial charge >= 0.3 is 0 Å². The number of pyridine rings is 1. The summed E-state index contributed by atoms with van der Waals surface area (Å²) in [5.41, 5.74) is 7.16. The van der Waals surface area contributed by atoms with Gasteiger partial charge in [0.05, 0.1) is 13.3 Å². The van der Waals surface area contributed by atoms with E-state index in [1.54, 1.807) is 19.5 Å². The van der Waals surface area contributed by atoms with E-state index in [2.05, 4.69) is 18.8 Å². The molecule has 84 valence electrons. The maximum absolute atomic E-state index is 6.11. The molecule has 3 heteroatoms. The van der Waals surface area contributed by atoms with Crippen LogP contribution < -0.4 is 10.5 Å². The van der Waals surface area contributed by atoms with Gasteiger partial charge in [-0.05, 0) is 24.8 Å². The van der Waals surface area contributed by atoms with Crippen molar-refractivity contribution in [2.75, 3.05) is 7.11 Å².